The summed E-state index contributed by atoms with van der Waals surface area (Å²) in [6.07, 6.45) is 0. The van der Waals surface area contributed by atoms with Crippen molar-refractivity contribution in [3.05, 3.63) is 57.8 Å². The third kappa shape index (κ3) is 3.30. The normalized spacial score (nSPS) is 17.6. The number of carbonyl (C=O) groups is 1. The second-order valence-electron chi connectivity index (χ2n) is 5.75. The number of aromatic nitrogens is 2. The van der Waals surface area contributed by atoms with Crippen molar-refractivity contribution in [2.45, 2.75) is 13.0 Å². The number of nitrogens with zero attached hydrogens (tertiary/aromatic N) is 2. The highest BCUT2D eigenvalue weighted by molar-refractivity contribution is 5.92. The summed E-state index contributed by atoms with van der Waals surface area (Å²) in [6, 6.07) is 9.15. The number of benzene rings is 1. The highest BCUT2D eigenvalue weighted by atomic mass is 16.5. The molecule has 1 aromatic heterocycles. The van der Waals surface area contributed by atoms with Crippen molar-refractivity contribution >= 4 is 5.91 Å². The molecule has 3 rings (SSSR count). The van der Waals surface area contributed by atoms with E-state index in [4.69, 9.17) is 4.74 Å². The number of aryl methyl sites for hydroxylation is 1. The molecule has 2 aromatic rings. The van der Waals surface area contributed by atoms with Crippen LogP contribution in [0.3, 0.4) is 0 Å². The fraction of sp³-hybridized carbons (Fsp3) is 0.353. The molecule has 1 aliphatic heterocycles. The first-order chi connectivity index (χ1) is 11.6. The summed E-state index contributed by atoms with van der Waals surface area (Å²) in [5.74, 6) is 0.541. The summed E-state index contributed by atoms with van der Waals surface area (Å²) in [5, 5.41) is 3.31. The first-order valence-electron chi connectivity index (χ1n) is 7.82. The van der Waals surface area contributed by atoms with Gasteiger partial charge in [-0.25, -0.2) is 4.79 Å². The summed E-state index contributed by atoms with van der Waals surface area (Å²) in [4.78, 5) is 32.6. The minimum absolute atomic E-state index is 0.112. The van der Waals surface area contributed by atoms with E-state index in [0.717, 1.165) is 11.3 Å². The molecule has 126 valence electrons. The SMILES string of the molecule is COc1ccc([C@H]2CNCCN2C(=O)c2cc(C)[nH]c(=O)n2)cc1. The van der Waals surface area contributed by atoms with Crippen LogP contribution in [0.25, 0.3) is 0 Å². The number of piperazine rings is 1. The van der Waals surface area contributed by atoms with Crippen LogP contribution in [0.2, 0.25) is 0 Å². The number of ether oxygens (including phenoxy) is 1. The van der Waals surface area contributed by atoms with Crippen LogP contribution in [-0.2, 0) is 0 Å². The van der Waals surface area contributed by atoms with E-state index in [1.165, 1.54) is 0 Å². The van der Waals surface area contributed by atoms with Crippen LogP contribution in [0.1, 0.15) is 27.8 Å². The Hall–Kier alpha value is -2.67. The summed E-state index contributed by atoms with van der Waals surface area (Å²) in [7, 11) is 1.62. The number of amides is 1. The average Bonchev–Trinajstić information content (AvgIpc) is 2.60. The summed E-state index contributed by atoms with van der Waals surface area (Å²) < 4.78 is 5.18. The molecule has 0 bridgehead atoms. The molecule has 2 heterocycles. The zero-order valence-electron chi connectivity index (χ0n) is 13.7. The third-order valence-corrected chi connectivity index (χ3v) is 4.10. The van der Waals surface area contributed by atoms with E-state index in [9.17, 15) is 9.59 Å². The lowest BCUT2D eigenvalue weighted by Gasteiger charge is -2.36. The maximum atomic E-state index is 12.9. The predicted octanol–water partition coefficient (Wildman–Crippen LogP) is 0.874. The Morgan fingerprint density at radius 2 is 2.08 bits per heavy atom. The standard InChI is InChI=1S/C17H20N4O3/c1-11-9-14(20-17(23)19-11)16(22)21-8-7-18-10-15(21)12-3-5-13(24-2)6-4-12/h3-6,9,15,18H,7-8,10H2,1-2H3,(H,19,20,23)/t15-/m1/s1. The Balaban J connectivity index is 1.90. The van der Waals surface area contributed by atoms with Crippen molar-refractivity contribution in [1.82, 2.24) is 20.2 Å². The second kappa shape index (κ2) is 6.84. The average molecular weight is 328 g/mol. The molecule has 0 spiro atoms. The lowest BCUT2D eigenvalue weighted by Crippen LogP contribution is -2.49. The Labute approximate surface area is 139 Å². The molecule has 0 aliphatic carbocycles. The number of aromatic amines is 1. The quantitative estimate of drug-likeness (QED) is 0.873. The number of carbonyl (C=O) groups excluding carboxylic acids is 1. The minimum atomic E-state index is -0.505. The Morgan fingerprint density at radius 3 is 2.75 bits per heavy atom. The van der Waals surface area contributed by atoms with Crippen molar-refractivity contribution < 1.29 is 9.53 Å². The lowest BCUT2D eigenvalue weighted by molar-refractivity contribution is 0.0627. The van der Waals surface area contributed by atoms with Crippen molar-refractivity contribution in [3.63, 3.8) is 0 Å². The number of hydrogen-bond donors (Lipinski definition) is 2. The van der Waals surface area contributed by atoms with Crippen LogP contribution >= 0.6 is 0 Å². The van der Waals surface area contributed by atoms with Gasteiger partial charge in [0.05, 0.1) is 13.2 Å². The highest BCUT2D eigenvalue weighted by Gasteiger charge is 2.29. The van der Waals surface area contributed by atoms with Crippen LogP contribution in [-0.4, -0.2) is 47.5 Å². The van der Waals surface area contributed by atoms with E-state index in [0.29, 0.717) is 25.3 Å². The first-order valence-corrected chi connectivity index (χ1v) is 7.82. The van der Waals surface area contributed by atoms with E-state index < -0.39 is 5.69 Å². The molecule has 24 heavy (non-hydrogen) atoms. The molecule has 1 atom stereocenters. The highest BCUT2D eigenvalue weighted by Crippen LogP contribution is 2.25. The molecular weight excluding hydrogens is 308 g/mol. The number of H-pyrrole nitrogens is 1. The molecule has 0 radical (unpaired) electrons. The zero-order chi connectivity index (χ0) is 17.1. The van der Waals surface area contributed by atoms with Gasteiger partial charge in [0.1, 0.15) is 11.4 Å². The molecule has 0 unspecified atom stereocenters. The summed E-state index contributed by atoms with van der Waals surface area (Å²) >= 11 is 0. The monoisotopic (exact) mass is 328 g/mol. The van der Waals surface area contributed by atoms with Crippen molar-refractivity contribution in [2.75, 3.05) is 26.7 Å². The Kier molecular flexibility index (Phi) is 4.61. The zero-order valence-corrected chi connectivity index (χ0v) is 13.7. The van der Waals surface area contributed by atoms with E-state index in [1.54, 1.807) is 25.0 Å². The van der Waals surface area contributed by atoms with Gasteiger partial charge in [0.15, 0.2) is 0 Å². The van der Waals surface area contributed by atoms with Gasteiger partial charge < -0.3 is 19.9 Å². The molecule has 7 heteroatoms. The van der Waals surface area contributed by atoms with Gasteiger partial charge in [-0.2, -0.15) is 4.98 Å². The van der Waals surface area contributed by atoms with Gasteiger partial charge in [-0.3, -0.25) is 4.79 Å². The molecule has 2 N–H and O–H groups in total. The smallest absolute Gasteiger partial charge is 0.345 e. The Bertz CT molecular complexity index is 785. The van der Waals surface area contributed by atoms with Gasteiger partial charge in [0.25, 0.3) is 5.91 Å². The third-order valence-electron chi connectivity index (χ3n) is 4.10. The minimum Gasteiger partial charge on any atom is -0.497 e. The van der Waals surface area contributed by atoms with Gasteiger partial charge in [-0.1, -0.05) is 12.1 Å². The second-order valence-corrected chi connectivity index (χ2v) is 5.75. The predicted molar refractivity (Wildman–Crippen MR) is 89.2 cm³/mol. The molecule has 1 saturated heterocycles. The first kappa shape index (κ1) is 16.2. The van der Waals surface area contributed by atoms with Crippen LogP contribution in [0.15, 0.2) is 35.1 Å². The number of nitrogens with one attached hydrogen (secondary N) is 2. The van der Waals surface area contributed by atoms with Gasteiger partial charge in [-0.15, -0.1) is 0 Å². The number of methoxy groups -OCH3 is 1. The van der Waals surface area contributed by atoms with Gasteiger partial charge in [0.2, 0.25) is 0 Å². The van der Waals surface area contributed by atoms with Crippen LogP contribution in [0.5, 0.6) is 5.75 Å². The number of hydrogen-bond acceptors (Lipinski definition) is 5. The topological polar surface area (TPSA) is 87.3 Å². The molecule has 1 amide bonds. The van der Waals surface area contributed by atoms with Crippen LogP contribution in [0.4, 0.5) is 0 Å². The summed E-state index contributed by atoms with van der Waals surface area (Å²) in [5.41, 5.74) is 1.30. The van der Waals surface area contributed by atoms with E-state index >= 15 is 0 Å². The van der Waals surface area contributed by atoms with E-state index in [1.807, 2.05) is 24.3 Å². The van der Waals surface area contributed by atoms with Gasteiger partial charge in [-0.05, 0) is 30.7 Å². The molecule has 1 aliphatic rings. The largest absolute Gasteiger partial charge is 0.497 e. The fourth-order valence-corrected chi connectivity index (χ4v) is 2.91. The van der Waals surface area contributed by atoms with Crippen LogP contribution < -0.4 is 15.7 Å². The fourth-order valence-electron chi connectivity index (χ4n) is 2.91. The van der Waals surface area contributed by atoms with E-state index in [2.05, 4.69) is 15.3 Å². The molecule has 0 saturated carbocycles. The Morgan fingerprint density at radius 1 is 1.33 bits per heavy atom. The van der Waals surface area contributed by atoms with E-state index in [-0.39, 0.29) is 17.6 Å². The maximum Gasteiger partial charge on any atom is 0.345 e. The van der Waals surface area contributed by atoms with Crippen molar-refractivity contribution in [3.8, 4) is 5.75 Å². The lowest BCUT2D eigenvalue weighted by atomic mass is 10.0. The van der Waals surface area contributed by atoms with Crippen LogP contribution in [0, 0.1) is 6.92 Å². The van der Waals surface area contributed by atoms with Gasteiger partial charge >= 0.3 is 5.69 Å². The molecule has 1 aromatic carbocycles. The van der Waals surface area contributed by atoms with Crippen molar-refractivity contribution in [1.29, 1.82) is 0 Å². The molecule has 7 nitrogen and oxygen atoms in total. The molecule has 1 fully saturated rings. The van der Waals surface area contributed by atoms with Gasteiger partial charge in [0, 0.05) is 25.3 Å². The summed E-state index contributed by atoms with van der Waals surface area (Å²) in [6.45, 7) is 3.66. The van der Waals surface area contributed by atoms with Crippen molar-refractivity contribution in [2.24, 2.45) is 0 Å². The molecular formula is C17H20N4O3. The maximum absolute atomic E-state index is 12.9. The number of rotatable bonds is 3.